The third-order valence-corrected chi connectivity index (χ3v) is 0. The van der Waals surface area contributed by atoms with Gasteiger partial charge in [-0.2, -0.15) is 0 Å². The second-order valence-electron chi connectivity index (χ2n) is 1.98. The number of alkyl halides is 3. The molecule has 0 heterocycles. The monoisotopic (exact) mass is 176 g/mol. The molecule has 0 nitrogen and oxygen atoms in total. The first kappa shape index (κ1) is 11.6. The lowest BCUT2D eigenvalue weighted by Gasteiger charge is -1.79. The van der Waals surface area contributed by atoms with Crippen molar-refractivity contribution < 1.29 is 0 Å². The summed E-state index contributed by atoms with van der Waals surface area (Å²) < 4.78 is -0.750. The summed E-state index contributed by atoms with van der Waals surface area (Å²) in [4.78, 5) is 0. The molecule has 0 aliphatic carbocycles. The van der Waals surface area contributed by atoms with Crippen LogP contribution in [0.25, 0.3) is 0 Å². The molecule has 0 aromatic rings. The average molecular weight is 178 g/mol. The smallest absolute Gasteiger partial charge is 0.0874 e. The van der Waals surface area contributed by atoms with Gasteiger partial charge >= 0.3 is 0 Å². The van der Waals surface area contributed by atoms with Gasteiger partial charge in [0.2, 0.25) is 0 Å². The fourth-order valence-electron chi connectivity index (χ4n) is 0. The summed E-state index contributed by atoms with van der Waals surface area (Å²) in [5.74, 6) is 0.833. The molecule has 0 aliphatic rings. The third kappa shape index (κ3) is 313. The van der Waals surface area contributed by atoms with E-state index in [-0.39, 0.29) is 0 Å². The SMILES string of the molecule is CC(C)C.ClC(Cl)Cl. The zero-order valence-corrected chi connectivity index (χ0v) is 7.56. The minimum atomic E-state index is -0.750. The highest BCUT2D eigenvalue weighted by Crippen LogP contribution is 2.03. The first-order valence-corrected chi connectivity index (χ1v) is 3.70. The number of rotatable bonds is 0. The normalized spacial score (nSPS) is 9.00. The highest BCUT2D eigenvalue weighted by atomic mass is 35.6. The molecule has 0 N–H and O–H groups in total. The summed E-state index contributed by atoms with van der Waals surface area (Å²) in [5, 5.41) is 0. The first-order valence-electron chi connectivity index (χ1n) is 2.39. The van der Waals surface area contributed by atoms with E-state index in [0.29, 0.717) is 0 Å². The van der Waals surface area contributed by atoms with Gasteiger partial charge in [0.1, 0.15) is 0 Å². The maximum atomic E-state index is 4.81. The van der Waals surface area contributed by atoms with Crippen LogP contribution in [0, 0.1) is 5.92 Å². The molecular formula is C5H11Cl3. The molecule has 0 rings (SSSR count). The zero-order chi connectivity index (χ0) is 7.15. The predicted molar refractivity (Wildman–Crippen MR) is 41.9 cm³/mol. The third-order valence-electron chi connectivity index (χ3n) is 0. The summed E-state index contributed by atoms with van der Waals surface area (Å²) in [5.41, 5.74) is 0. The molecule has 0 saturated carbocycles. The minimum Gasteiger partial charge on any atom is -0.0874 e. The summed E-state index contributed by atoms with van der Waals surface area (Å²) in [6.07, 6.45) is 0. The highest BCUT2D eigenvalue weighted by Gasteiger charge is 1.78. The van der Waals surface area contributed by atoms with Crippen LogP contribution in [0.1, 0.15) is 20.8 Å². The fourth-order valence-corrected chi connectivity index (χ4v) is 0. The van der Waals surface area contributed by atoms with Gasteiger partial charge in [-0.05, 0) is 5.92 Å². The molecule has 0 fully saturated rings. The van der Waals surface area contributed by atoms with Gasteiger partial charge in [0.25, 0.3) is 0 Å². The first-order chi connectivity index (χ1) is 3.46. The molecule has 0 bridgehead atoms. The standard InChI is InChI=1S/C4H10.CHCl3/c1-4(2)3;2-1(3)4/h4H,1-3H3;1H. The molecule has 3 heteroatoms. The van der Waals surface area contributed by atoms with Gasteiger partial charge in [0, 0.05) is 0 Å². The maximum absolute atomic E-state index is 4.81. The van der Waals surface area contributed by atoms with E-state index in [9.17, 15) is 0 Å². The van der Waals surface area contributed by atoms with Gasteiger partial charge in [0.15, 0.2) is 4.30 Å². The molecule has 0 aromatic heterocycles. The number of hydrogen-bond acceptors (Lipinski definition) is 0. The fraction of sp³-hybridized carbons (Fsp3) is 1.00. The molecule has 0 aromatic carbocycles. The van der Waals surface area contributed by atoms with E-state index < -0.39 is 4.30 Å². The van der Waals surface area contributed by atoms with Crippen LogP contribution in [0.15, 0.2) is 0 Å². The molecular weight excluding hydrogens is 166 g/mol. The van der Waals surface area contributed by atoms with Gasteiger partial charge in [0.05, 0.1) is 0 Å². The molecule has 0 spiro atoms. The Bertz CT molecular complexity index is 23.1. The van der Waals surface area contributed by atoms with Crippen LogP contribution in [0.5, 0.6) is 0 Å². The van der Waals surface area contributed by atoms with E-state index in [1.807, 2.05) is 0 Å². The molecule has 8 heavy (non-hydrogen) atoms. The van der Waals surface area contributed by atoms with Crippen molar-refractivity contribution in [3.63, 3.8) is 0 Å². The van der Waals surface area contributed by atoms with Gasteiger partial charge in [-0.15, -0.1) is 0 Å². The van der Waals surface area contributed by atoms with E-state index >= 15 is 0 Å². The van der Waals surface area contributed by atoms with Crippen molar-refractivity contribution in [2.24, 2.45) is 5.92 Å². The van der Waals surface area contributed by atoms with Gasteiger partial charge in [-0.25, -0.2) is 0 Å². The van der Waals surface area contributed by atoms with Crippen molar-refractivity contribution in [3.8, 4) is 0 Å². The van der Waals surface area contributed by atoms with Gasteiger partial charge in [-0.1, -0.05) is 55.6 Å². The minimum absolute atomic E-state index is 0.750. The van der Waals surface area contributed by atoms with Crippen LogP contribution in [-0.2, 0) is 0 Å². The van der Waals surface area contributed by atoms with Crippen molar-refractivity contribution in [1.82, 2.24) is 0 Å². The summed E-state index contributed by atoms with van der Waals surface area (Å²) in [6.45, 7) is 6.50. The molecule has 0 saturated heterocycles. The summed E-state index contributed by atoms with van der Waals surface area (Å²) >= 11 is 14.4. The second-order valence-corrected chi connectivity index (χ2v) is 3.96. The largest absolute Gasteiger partial charge is 0.180 e. The Balaban J connectivity index is 0. The Morgan fingerprint density at radius 2 is 0.875 bits per heavy atom. The molecule has 0 aliphatic heterocycles. The van der Waals surface area contributed by atoms with E-state index in [2.05, 4.69) is 20.8 Å². The van der Waals surface area contributed by atoms with E-state index in [1.54, 1.807) is 0 Å². The lowest BCUT2D eigenvalue weighted by Crippen LogP contribution is -1.66. The predicted octanol–water partition coefficient (Wildman–Crippen LogP) is 3.65. The van der Waals surface area contributed by atoms with Crippen molar-refractivity contribution in [3.05, 3.63) is 0 Å². The molecule has 0 radical (unpaired) electrons. The summed E-state index contributed by atoms with van der Waals surface area (Å²) in [7, 11) is 0. The lowest BCUT2D eigenvalue weighted by molar-refractivity contribution is 0.737. The quantitative estimate of drug-likeness (QED) is 0.496. The maximum Gasteiger partial charge on any atom is 0.180 e. The van der Waals surface area contributed by atoms with Crippen molar-refractivity contribution in [1.29, 1.82) is 0 Å². The van der Waals surface area contributed by atoms with Gasteiger partial charge in [-0.3, -0.25) is 0 Å². The van der Waals surface area contributed by atoms with Crippen LogP contribution in [0.4, 0.5) is 0 Å². The second kappa shape index (κ2) is 7.87. The van der Waals surface area contributed by atoms with E-state index in [0.717, 1.165) is 5.92 Å². The van der Waals surface area contributed by atoms with Gasteiger partial charge < -0.3 is 0 Å². The Morgan fingerprint density at radius 3 is 0.875 bits per heavy atom. The van der Waals surface area contributed by atoms with Crippen molar-refractivity contribution in [2.75, 3.05) is 0 Å². The van der Waals surface area contributed by atoms with E-state index in [1.165, 1.54) is 0 Å². The Labute approximate surface area is 66.1 Å². The Morgan fingerprint density at radius 1 is 0.875 bits per heavy atom. The van der Waals surface area contributed by atoms with Crippen LogP contribution in [0.2, 0.25) is 0 Å². The van der Waals surface area contributed by atoms with E-state index in [4.69, 9.17) is 34.8 Å². The molecule has 52 valence electrons. The van der Waals surface area contributed by atoms with Crippen LogP contribution < -0.4 is 0 Å². The Hall–Kier alpha value is 0.870. The topological polar surface area (TPSA) is 0 Å². The number of halogens is 3. The lowest BCUT2D eigenvalue weighted by atomic mass is 10.3. The molecule has 0 atom stereocenters. The van der Waals surface area contributed by atoms with Crippen molar-refractivity contribution >= 4 is 34.8 Å². The molecule has 0 amide bonds. The van der Waals surface area contributed by atoms with Crippen LogP contribution >= 0.6 is 34.8 Å². The zero-order valence-electron chi connectivity index (χ0n) is 5.29. The number of hydrogen-bond donors (Lipinski definition) is 0. The van der Waals surface area contributed by atoms with Crippen molar-refractivity contribution in [2.45, 2.75) is 25.1 Å². The average Bonchev–Trinajstić information content (AvgIpc) is 1.25. The van der Waals surface area contributed by atoms with Crippen LogP contribution in [-0.4, -0.2) is 4.30 Å². The highest BCUT2D eigenvalue weighted by molar-refractivity contribution is 6.63. The summed E-state index contributed by atoms with van der Waals surface area (Å²) in [6, 6.07) is 0. The Kier molecular flexibility index (Phi) is 11.5. The molecule has 0 unspecified atom stereocenters. The van der Waals surface area contributed by atoms with Crippen LogP contribution in [0.3, 0.4) is 0 Å².